The molecule has 1 saturated heterocycles. The summed E-state index contributed by atoms with van der Waals surface area (Å²) < 4.78 is 7.41. The van der Waals surface area contributed by atoms with Gasteiger partial charge in [-0.3, -0.25) is 14.5 Å². The van der Waals surface area contributed by atoms with Gasteiger partial charge < -0.3 is 10.1 Å². The van der Waals surface area contributed by atoms with E-state index in [0.29, 0.717) is 5.75 Å². The second-order valence-electron chi connectivity index (χ2n) is 5.45. The van der Waals surface area contributed by atoms with Crippen molar-refractivity contribution in [3.05, 3.63) is 42.5 Å². The second kappa shape index (κ2) is 8.12. The van der Waals surface area contributed by atoms with Crippen LogP contribution in [0.25, 0.3) is 0 Å². The lowest BCUT2D eigenvalue weighted by molar-refractivity contribution is -0.113. The standard InChI is InChI=1S/C16H20N4O2S/c21-16(12-23-11-13-4-1-2-6-17-13)19-14-8-18-20(9-14)10-15-5-3-7-22-15/h1-2,4,6,8-9,15H,3,5,7,10-12H2,(H,19,21)/t15-/m1/s1. The van der Waals surface area contributed by atoms with Gasteiger partial charge in [-0.15, -0.1) is 11.8 Å². The van der Waals surface area contributed by atoms with Gasteiger partial charge in [0.05, 0.1) is 36.0 Å². The highest BCUT2D eigenvalue weighted by Gasteiger charge is 2.16. The molecular weight excluding hydrogens is 312 g/mol. The van der Waals surface area contributed by atoms with Crippen LogP contribution in [0, 0.1) is 0 Å². The maximum absolute atomic E-state index is 11.9. The number of nitrogens with one attached hydrogen (secondary N) is 1. The summed E-state index contributed by atoms with van der Waals surface area (Å²) in [5, 5.41) is 7.13. The largest absolute Gasteiger partial charge is 0.376 e. The Morgan fingerprint density at radius 3 is 3.22 bits per heavy atom. The Kier molecular flexibility index (Phi) is 5.65. The summed E-state index contributed by atoms with van der Waals surface area (Å²) in [6.07, 6.45) is 7.72. The van der Waals surface area contributed by atoms with E-state index in [0.717, 1.165) is 43.1 Å². The Labute approximate surface area is 139 Å². The van der Waals surface area contributed by atoms with Crippen LogP contribution in [-0.2, 0) is 21.8 Å². The Hall–Kier alpha value is -1.86. The van der Waals surface area contributed by atoms with E-state index in [4.69, 9.17) is 4.74 Å². The minimum absolute atomic E-state index is 0.0254. The van der Waals surface area contributed by atoms with Gasteiger partial charge in [0.1, 0.15) is 0 Å². The molecule has 3 rings (SSSR count). The van der Waals surface area contributed by atoms with Gasteiger partial charge in [0.25, 0.3) is 0 Å². The molecule has 0 bridgehead atoms. The molecule has 1 aliphatic rings. The van der Waals surface area contributed by atoms with Crippen molar-refractivity contribution in [3.63, 3.8) is 0 Å². The Bertz CT molecular complexity index is 626. The average molecular weight is 332 g/mol. The molecule has 0 saturated carbocycles. The molecule has 0 spiro atoms. The monoisotopic (exact) mass is 332 g/mol. The molecule has 0 unspecified atom stereocenters. The third kappa shape index (κ3) is 5.07. The van der Waals surface area contributed by atoms with Crippen LogP contribution in [0.3, 0.4) is 0 Å². The van der Waals surface area contributed by atoms with Crippen LogP contribution in [0.1, 0.15) is 18.5 Å². The lowest BCUT2D eigenvalue weighted by Gasteiger charge is -2.08. The van der Waals surface area contributed by atoms with E-state index in [1.165, 1.54) is 0 Å². The number of hydrogen-bond donors (Lipinski definition) is 1. The van der Waals surface area contributed by atoms with Gasteiger partial charge in [0.15, 0.2) is 0 Å². The summed E-state index contributed by atoms with van der Waals surface area (Å²) >= 11 is 1.54. The number of carbonyl (C=O) groups is 1. The molecule has 2 aromatic rings. The van der Waals surface area contributed by atoms with Crippen molar-refractivity contribution < 1.29 is 9.53 Å². The zero-order valence-corrected chi connectivity index (χ0v) is 13.7. The Morgan fingerprint density at radius 2 is 2.43 bits per heavy atom. The minimum atomic E-state index is -0.0254. The summed E-state index contributed by atoms with van der Waals surface area (Å²) in [5.74, 6) is 1.10. The molecule has 0 aromatic carbocycles. The van der Waals surface area contributed by atoms with Crippen molar-refractivity contribution >= 4 is 23.4 Å². The van der Waals surface area contributed by atoms with Crippen LogP contribution in [0.4, 0.5) is 5.69 Å². The van der Waals surface area contributed by atoms with Gasteiger partial charge in [-0.05, 0) is 25.0 Å². The lowest BCUT2D eigenvalue weighted by Crippen LogP contribution is -2.15. The molecule has 7 heteroatoms. The first-order valence-electron chi connectivity index (χ1n) is 7.71. The molecule has 1 atom stereocenters. The number of hydrogen-bond acceptors (Lipinski definition) is 5. The van der Waals surface area contributed by atoms with Crippen LogP contribution in [0.15, 0.2) is 36.8 Å². The van der Waals surface area contributed by atoms with Gasteiger partial charge in [0, 0.05) is 24.8 Å². The van der Waals surface area contributed by atoms with Crippen molar-refractivity contribution in [1.82, 2.24) is 14.8 Å². The van der Waals surface area contributed by atoms with Crippen LogP contribution in [0.2, 0.25) is 0 Å². The highest BCUT2D eigenvalue weighted by molar-refractivity contribution is 7.99. The van der Waals surface area contributed by atoms with Crippen molar-refractivity contribution in [2.24, 2.45) is 0 Å². The second-order valence-corrected chi connectivity index (χ2v) is 6.43. The van der Waals surface area contributed by atoms with Gasteiger partial charge in [0.2, 0.25) is 5.91 Å². The predicted octanol–water partition coefficient (Wildman–Crippen LogP) is 2.33. The molecular formula is C16H20N4O2S. The fourth-order valence-electron chi connectivity index (χ4n) is 2.45. The van der Waals surface area contributed by atoms with Gasteiger partial charge in [-0.1, -0.05) is 6.07 Å². The highest BCUT2D eigenvalue weighted by Crippen LogP contribution is 2.15. The summed E-state index contributed by atoms with van der Waals surface area (Å²) in [4.78, 5) is 16.2. The molecule has 0 radical (unpaired) electrons. The van der Waals surface area contributed by atoms with Crippen LogP contribution in [-0.4, -0.2) is 39.1 Å². The quantitative estimate of drug-likeness (QED) is 0.843. The number of pyridine rings is 1. The lowest BCUT2D eigenvalue weighted by atomic mass is 10.2. The van der Waals surface area contributed by atoms with Crippen molar-refractivity contribution in [3.8, 4) is 0 Å². The topological polar surface area (TPSA) is 69.0 Å². The molecule has 1 fully saturated rings. The third-order valence-corrected chi connectivity index (χ3v) is 4.51. The molecule has 6 nitrogen and oxygen atoms in total. The normalized spacial score (nSPS) is 17.3. The number of ether oxygens (including phenoxy) is 1. The fourth-order valence-corrected chi connectivity index (χ4v) is 3.19. The summed E-state index contributed by atoms with van der Waals surface area (Å²) in [5.41, 5.74) is 1.71. The van der Waals surface area contributed by atoms with Crippen molar-refractivity contribution in [2.45, 2.75) is 31.2 Å². The number of nitrogens with zero attached hydrogens (tertiary/aromatic N) is 3. The molecule has 1 N–H and O–H groups in total. The third-order valence-electron chi connectivity index (χ3n) is 3.54. The first-order chi connectivity index (χ1) is 11.3. The van der Waals surface area contributed by atoms with Crippen LogP contribution >= 0.6 is 11.8 Å². The molecule has 1 aliphatic heterocycles. The number of aromatic nitrogens is 3. The van der Waals surface area contributed by atoms with E-state index in [1.54, 1.807) is 24.2 Å². The van der Waals surface area contributed by atoms with Gasteiger partial charge in [-0.2, -0.15) is 5.10 Å². The zero-order valence-electron chi connectivity index (χ0n) is 12.9. The average Bonchev–Trinajstić information content (AvgIpc) is 3.21. The highest BCUT2D eigenvalue weighted by atomic mass is 32.2. The fraction of sp³-hybridized carbons (Fsp3) is 0.438. The molecule has 1 amide bonds. The number of carbonyl (C=O) groups excluding carboxylic acids is 1. The van der Waals surface area contributed by atoms with E-state index in [1.807, 2.05) is 29.1 Å². The van der Waals surface area contributed by atoms with E-state index >= 15 is 0 Å². The zero-order chi connectivity index (χ0) is 15.9. The Morgan fingerprint density at radius 1 is 1.48 bits per heavy atom. The van der Waals surface area contributed by atoms with Gasteiger partial charge in [-0.25, -0.2) is 0 Å². The molecule has 3 heterocycles. The Balaban J connectivity index is 1.40. The van der Waals surface area contributed by atoms with Crippen molar-refractivity contribution in [1.29, 1.82) is 0 Å². The van der Waals surface area contributed by atoms with E-state index in [-0.39, 0.29) is 12.0 Å². The predicted molar refractivity (Wildman–Crippen MR) is 90.2 cm³/mol. The molecule has 122 valence electrons. The van der Waals surface area contributed by atoms with Crippen molar-refractivity contribution in [2.75, 3.05) is 17.7 Å². The van der Waals surface area contributed by atoms with E-state index in [9.17, 15) is 4.79 Å². The SMILES string of the molecule is O=C(CSCc1ccccn1)Nc1cnn(C[C@H]2CCCO2)c1. The summed E-state index contributed by atoms with van der Waals surface area (Å²) in [6, 6.07) is 5.79. The summed E-state index contributed by atoms with van der Waals surface area (Å²) in [6.45, 7) is 1.58. The first kappa shape index (κ1) is 16.0. The number of anilines is 1. The maximum atomic E-state index is 11.9. The number of thioether (sulfide) groups is 1. The van der Waals surface area contributed by atoms with Crippen LogP contribution in [0.5, 0.6) is 0 Å². The van der Waals surface area contributed by atoms with E-state index < -0.39 is 0 Å². The summed E-state index contributed by atoms with van der Waals surface area (Å²) in [7, 11) is 0. The molecule has 2 aromatic heterocycles. The maximum Gasteiger partial charge on any atom is 0.234 e. The van der Waals surface area contributed by atoms with Gasteiger partial charge >= 0.3 is 0 Å². The smallest absolute Gasteiger partial charge is 0.234 e. The van der Waals surface area contributed by atoms with Crippen LogP contribution < -0.4 is 5.32 Å². The van der Waals surface area contributed by atoms with E-state index in [2.05, 4.69) is 15.4 Å². The molecule has 0 aliphatic carbocycles. The molecule has 23 heavy (non-hydrogen) atoms. The minimum Gasteiger partial charge on any atom is -0.376 e. The number of amides is 1. The first-order valence-corrected chi connectivity index (χ1v) is 8.86. The number of rotatable bonds is 7.